The average Bonchev–Trinajstić information content (AvgIpc) is 2.29. The van der Waals surface area contributed by atoms with Crippen molar-refractivity contribution in [1.29, 1.82) is 0 Å². The predicted octanol–water partition coefficient (Wildman–Crippen LogP) is 1.52. The standard InChI is InChI=1S/C12H17NO3S2/c1-9(2)18(14,15)8-7-16-11-5-3-10(4-6-11)12(13)17/h3-6,9H,7-8H2,1-2H3,(H2,13,17). The number of nitrogens with two attached hydrogens (primary N) is 1. The summed E-state index contributed by atoms with van der Waals surface area (Å²) in [5, 5.41) is -0.377. The molecule has 2 N–H and O–H groups in total. The molecule has 0 aliphatic rings. The van der Waals surface area contributed by atoms with Crippen LogP contribution in [0.4, 0.5) is 0 Å². The van der Waals surface area contributed by atoms with Gasteiger partial charge in [-0.25, -0.2) is 8.42 Å². The van der Waals surface area contributed by atoms with Gasteiger partial charge in [-0.3, -0.25) is 0 Å². The van der Waals surface area contributed by atoms with E-state index in [1.54, 1.807) is 38.1 Å². The Labute approximate surface area is 113 Å². The highest BCUT2D eigenvalue weighted by atomic mass is 32.2. The molecule has 0 bridgehead atoms. The van der Waals surface area contributed by atoms with Gasteiger partial charge in [-0.15, -0.1) is 0 Å². The molecule has 0 spiro atoms. The summed E-state index contributed by atoms with van der Waals surface area (Å²) in [4.78, 5) is 0.323. The van der Waals surface area contributed by atoms with Crippen LogP contribution in [0.25, 0.3) is 0 Å². The van der Waals surface area contributed by atoms with E-state index in [2.05, 4.69) is 0 Å². The summed E-state index contributed by atoms with van der Waals surface area (Å²) in [7, 11) is -3.06. The van der Waals surface area contributed by atoms with E-state index in [0.29, 0.717) is 10.7 Å². The molecule has 0 aliphatic carbocycles. The number of sulfone groups is 1. The lowest BCUT2D eigenvalue weighted by atomic mass is 10.2. The molecule has 0 radical (unpaired) electrons. The van der Waals surface area contributed by atoms with Crippen LogP contribution in [0.2, 0.25) is 0 Å². The molecule has 0 saturated heterocycles. The molecule has 0 aromatic heterocycles. The Bertz CT molecular complexity index is 507. The Balaban J connectivity index is 2.52. The number of hydrogen-bond acceptors (Lipinski definition) is 4. The van der Waals surface area contributed by atoms with Crippen molar-refractivity contribution in [3.8, 4) is 5.75 Å². The summed E-state index contributed by atoms with van der Waals surface area (Å²) in [6.45, 7) is 3.46. The lowest BCUT2D eigenvalue weighted by Crippen LogP contribution is -2.22. The highest BCUT2D eigenvalue weighted by Crippen LogP contribution is 2.12. The van der Waals surface area contributed by atoms with Crippen LogP contribution < -0.4 is 10.5 Å². The van der Waals surface area contributed by atoms with E-state index < -0.39 is 9.84 Å². The zero-order chi connectivity index (χ0) is 13.8. The molecule has 100 valence electrons. The van der Waals surface area contributed by atoms with Gasteiger partial charge in [0.1, 0.15) is 17.3 Å². The van der Waals surface area contributed by atoms with E-state index in [4.69, 9.17) is 22.7 Å². The quantitative estimate of drug-likeness (QED) is 0.803. The topological polar surface area (TPSA) is 69.4 Å². The van der Waals surface area contributed by atoms with Gasteiger partial charge >= 0.3 is 0 Å². The third-order valence-corrected chi connectivity index (χ3v) is 4.90. The lowest BCUT2D eigenvalue weighted by molar-refractivity contribution is 0.340. The summed E-state index contributed by atoms with van der Waals surface area (Å²) in [6.07, 6.45) is 0. The molecule has 6 heteroatoms. The molecule has 0 fully saturated rings. The van der Waals surface area contributed by atoms with Crippen LogP contribution in [0, 0.1) is 0 Å². The first-order chi connectivity index (χ1) is 8.33. The molecular formula is C12H17NO3S2. The summed E-state index contributed by atoms with van der Waals surface area (Å²) < 4.78 is 28.5. The molecule has 0 aliphatic heterocycles. The van der Waals surface area contributed by atoms with Gasteiger partial charge < -0.3 is 10.5 Å². The van der Waals surface area contributed by atoms with Crippen molar-refractivity contribution < 1.29 is 13.2 Å². The second-order valence-corrected chi connectivity index (χ2v) is 7.27. The molecule has 0 amide bonds. The molecule has 1 aromatic carbocycles. The van der Waals surface area contributed by atoms with Crippen molar-refractivity contribution in [2.45, 2.75) is 19.1 Å². The summed E-state index contributed by atoms with van der Waals surface area (Å²) in [5.74, 6) is 0.621. The van der Waals surface area contributed by atoms with Gasteiger partial charge in [0.25, 0.3) is 0 Å². The second kappa shape index (κ2) is 6.15. The van der Waals surface area contributed by atoms with Crippen molar-refractivity contribution in [1.82, 2.24) is 0 Å². The predicted molar refractivity (Wildman–Crippen MR) is 76.7 cm³/mol. The Kier molecular flexibility index (Phi) is 5.10. The highest BCUT2D eigenvalue weighted by molar-refractivity contribution is 7.92. The monoisotopic (exact) mass is 287 g/mol. The van der Waals surface area contributed by atoms with Gasteiger partial charge in [0.2, 0.25) is 0 Å². The fourth-order valence-electron chi connectivity index (χ4n) is 1.23. The Morgan fingerprint density at radius 3 is 2.33 bits per heavy atom. The van der Waals surface area contributed by atoms with Crippen molar-refractivity contribution in [2.75, 3.05) is 12.4 Å². The zero-order valence-electron chi connectivity index (χ0n) is 10.4. The van der Waals surface area contributed by atoms with Crippen molar-refractivity contribution in [2.24, 2.45) is 5.73 Å². The van der Waals surface area contributed by atoms with Crippen LogP contribution in [0.15, 0.2) is 24.3 Å². The van der Waals surface area contributed by atoms with Gasteiger partial charge in [0, 0.05) is 5.56 Å². The van der Waals surface area contributed by atoms with E-state index in [1.807, 2.05) is 0 Å². The fourth-order valence-corrected chi connectivity index (χ4v) is 2.15. The number of ether oxygens (including phenoxy) is 1. The lowest BCUT2D eigenvalue weighted by Gasteiger charge is -2.09. The first kappa shape index (κ1) is 14.9. The number of benzene rings is 1. The SMILES string of the molecule is CC(C)S(=O)(=O)CCOc1ccc(C(N)=S)cc1. The highest BCUT2D eigenvalue weighted by Gasteiger charge is 2.15. The third-order valence-electron chi connectivity index (χ3n) is 2.49. The van der Waals surface area contributed by atoms with Crippen LogP contribution in [-0.4, -0.2) is 31.0 Å². The van der Waals surface area contributed by atoms with Gasteiger partial charge in [0.15, 0.2) is 9.84 Å². The van der Waals surface area contributed by atoms with Crippen LogP contribution in [0.5, 0.6) is 5.75 Å². The van der Waals surface area contributed by atoms with E-state index in [0.717, 1.165) is 5.56 Å². The van der Waals surface area contributed by atoms with E-state index >= 15 is 0 Å². The van der Waals surface area contributed by atoms with Gasteiger partial charge in [-0.2, -0.15) is 0 Å². The summed E-state index contributed by atoms with van der Waals surface area (Å²) >= 11 is 4.83. The molecule has 0 unspecified atom stereocenters. The molecular weight excluding hydrogens is 270 g/mol. The summed E-state index contributed by atoms with van der Waals surface area (Å²) in [5.41, 5.74) is 6.22. The van der Waals surface area contributed by atoms with Crippen LogP contribution in [-0.2, 0) is 9.84 Å². The maximum absolute atomic E-state index is 11.6. The van der Waals surface area contributed by atoms with Crippen molar-refractivity contribution in [3.05, 3.63) is 29.8 Å². The minimum absolute atomic E-state index is 0.0156. The maximum Gasteiger partial charge on any atom is 0.155 e. The van der Waals surface area contributed by atoms with Gasteiger partial charge in [-0.05, 0) is 38.1 Å². The first-order valence-corrected chi connectivity index (χ1v) is 7.69. The van der Waals surface area contributed by atoms with Crippen LogP contribution in [0.3, 0.4) is 0 Å². The molecule has 1 aromatic rings. The Morgan fingerprint density at radius 2 is 1.89 bits per heavy atom. The minimum atomic E-state index is -3.06. The number of rotatable bonds is 6. The Morgan fingerprint density at radius 1 is 1.33 bits per heavy atom. The fraction of sp³-hybridized carbons (Fsp3) is 0.417. The van der Waals surface area contributed by atoms with Gasteiger partial charge in [-0.1, -0.05) is 12.2 Å². The largest absolute Gasteiger partial charge is 0.493 e. The molecule has 18 heavy (non-hydrogen) atoms. The third kappa shape index (κ3) is 4.27. The number of hydrogen-bond donors (Lipinski definition) is 1. The van der Waals surface area contributed by atoms with Crippen LogP contribution >= 0.6 is 12.2 Å². The average molecular weight is 287 g/mol. The Hall–Kier alpha value is -1.14. The van der Waals surface area contributed by atoms with Crippen molar-refractivity contribution in [3.63, 3.8) is 0 Å². The molecule has 1 rings (SSSR count). The normalized spacial score (nSPS) is 11.5. The second-order valence-electron chi connectivity index (χ2n) is 4.15. The maximum atomic E-state index is 11.6. The number of thiocarbonyl (C=S) groups is 1. The molecule has 4 nitrogen and oxygen atoms in total. The molecule has 0 heterocycles. The zero-order valence-corrected chi connectivity index (χ0v) is 12.1. The first-order valence-electron chi connectivity index (χ1n) is 5.57. The molecule has 0 atom stereocenters. The summed E-state index contributed by atoms with van der Waals surface area (Å²) in [6, 6.07) is 6.93. The van der Waals surface area contributed by atoms with Crippen LogP contribution in [0.1, 0.15) is 19.4 Å². The van der Waals surface area contributed by atoms with Gasteiger partial charge in [0.05, 0.1) is 11.0 Å². The van der Waals surface area contributed by atoms with E-state index in [-0.39, 0.29) is 17.6 Å². The minimum Gasteiger partial charge on any atom is -0.493 e. The van der Waals surface area contributed by atoms with E-state index in [1.165, 1.54) is 0 Å². The smallest absolute Gasteiger partial charge is 0.155 e. The molecule has 0 saturated carbocycles. The van der Waals surface area contributed by atoms with Crippen molar-refractivity contribution >= 4 is 27.0 Å². The van der Waals surface area contributed by atoms with E-state index in [9.17, 15) is 8.42 Å².